The lowest BCUT2D eigenvalue weighted by Crippen LogP contribution is -2.37. The van der Waals surface area contributed by atoms with Gasteiger partial charge in [0.25, 0.3) is 0 Å². The Balaban J connectivity index is 1.73. The van der Waals surface area contributed by atoms with E-state index in [2.05, 4.69) is 4.72 Å². The van der Waals surface area contributed by atoms with E-state index in [1.165, 1.54) is 0 Å². The molecule has 0 saturated heterocycles. The highest BCUT2D eigenvalue weighted by molar-refractivity contribution is 7.89. The van der Waals surface area contributed by atoms with Gasteiger partial charge in [0, 0.05) is 25.6 Å². The van der Waals surface area contributed by atoms with Crippen molar-refractivity contribution in [2.24, 2.45) is 5.92 Å². The molecule has 132 valence electrons. The third-order valence-electron chi connectivity index (χ3n) is 4.59. The minimum absolute atomic E-state index is 0.181. The smallest absolute Gasteiger partial charge is 0.240 e. The molecule has 0 unspecified atom stereocenters. The Morgan fingerprint density at radius 3 is 2.79 bits per heavy atom. The summed E-state index contributed by atoms with van der Waals surface area (Å²) in [6.07, 6.45) is 2.55. The van der Waals surface area contributed by atoms with Crippen molar-refractivity contribution in [3.05, 3.63) is 29.3 Å². The van der Waals surface area contributed by atoms with Crippen molar-refractivity contribution in [2.75, 3.05) is 13.1 Å². The van der Waals surface area contributed by atoms with Crippen molar-refractivity contribution in [1.82, 2.24) is 9.62 Å². The molecular weight excluding hydrogens is 328 g/mol. The summed E-state index contributed by atoms with van der Waals surface area (Å²) in [4.78, 5) is 14.3. The maximum atomic E-state index is 12.4. The molecule has 1 amide bonds. The van der Waals surface area contributed by atoms with Crippen LogP contribution in [-0.4, -0.2) is 43.5 Å². The average Bonchev–Trinajstić information content (AvgIpc) is 3.37. The molecule has 0 aromatic heterocycles. The molecule has 1 atom stereocenters. The van der Waals surface area contributed by atoms with Crippen molar-refractivity contribution < 1.29 is 18.3 Å². The van der Waals surface area contributed by atoms with Crippen LogP contribution in [0.25, 0.3) is 0 Å². The Morgan fingerprint density at radius 2 is 2.12 bits per heavy atom. The molecule has 1 fully saturated rings. The Kier molecular flexibility index (Phi) is 4.94. The highest BCUT2D eigenvalue weighted by Crippen LogP contribution is 2.33. The zero-order valence-electron chi connectivity index (χ0n) is 13.9. The Bertz CT molecular complexity index is 726. The van der Waals surface area contributed by atoms with Crippen LogP contribution in [0.4, 0.5) is 0 Å². The van der Waals surface area contributed by atoms with E-state index in [-0.39, 0.29) is 23.3 Å². The molecule has 1 aliphatic carbocycles. The largest absolute Gasteiger partial charge is 0.393 e. The van der Waals surface area contributed by atoms with Gasteiger partial charge >= 0.3 is 0 Å². The van der Waals surface area contributed by atoms with Crippen LogP contribution in [0.2, 0.25) is 0 Å². The number of aliphatic hydroxyl groups is 1. The maximum absolute atomic E-state index is 12.4. The van der Waals surface area contributed by atoms with Crippen molar-refractivity contribution >= 4 is 15.9 Å². The fourth-order valence-electron chi connectivity index (χ4n) is 2.96. The number of carbonyl (C=O) groups excluding carboxylic acids is 1. The van der Waals surface area contributed by atoms with E-state index in [0.29, 0.717) is 19.5 Å². The minimum atomic E-state index is -3.60. The Morgan fingerprint density at radius 1 is 1.38 bits per heavy atom. The van der Waals surface area contributed by atoms with E-state index in [9.17, 15) is 18.3 Å². The zero-order valence-corrected chi connectivity index (χ0v) is 14.7. The summed E-state index contributed by atoms with van der Waals surface area (Å²) in [6.45, 7) is 3.02. The van der Waals surface area contributed by atoms with Gasteiger partial charge in [-0.15, -0.1) is 0 Å². The van der Waals surface area contributed by atoms with Gasteiger partial charge in [-0.25, -0.2) is 13.1 Å². The lowest BCUT2D eigenvalue weighted by atomic mass is 9.99. The first-order chi connectivity index (χ1) is 11.4. The number of aliphatic hydroxyl groups excluding tert-OH is 1. The SMILES string of the molecule is C[C@@H](O)CCNS(=O)(=O)c1ccc2c(c1)CN(C(=O)C1CC1)CC2. The van der Waals surface area contributed by atoms with Crippen molar-refractivity contribution in [3.63, 3.8) is 0 Å². The molecule has 1 aliphatic heterocycles. The van der Waals surface area contributed by atoms with Crippen molar-refractivity contribution in [1.29, 1.82) is 0 Å². The van der Waals surface area contributed by atoms with Crippen LogP contribution < -0.4 is 4.72 Å². The van der Waals surface area contributed by atoms with Crippen LogP contribution in [0.15, 0.2) is 23.1 Å². The summed E-state index contributed by atoms with van der Waals surface area (Å²) in [5.41, 5.74) is 2.02. The van der Waals surface area contributed by atoms with Gasteiger partial charge < -0.3 is 10.0 Å². The van der Waals surface area contributed by atoms with Gasteiger partial charge in [-0.05, 0) is 55.9 Å². The molecule has 7 heteroatoms. The van der Waals surface area contributed by atoms with E-state index < -0.39 is 16.1 Å². The van der Waals surface area contributed by atoms with E-state index in [1.54, 1.807) is 19.1 Å². The first kappa shape index (κ1) is 17.4. The topological polar surface area (TPSA) is 86.7 Å². The molecule has 0 spiro atoms. The molecule has 6 nitrogen and oxygen atoms in total. The van der Waals surface area contributed by atoms with Crippen LogP contribution in [0.5, 0.6) is 0 Å². The van der Waals surface area contributed by atoms with Gasteiger partial charge in [0.15, 0.2) is 0 Å². The van der Waals surface area contributed by atoms with Crippen LogP contribution >= 0.6 is 0 Å². The van der Waals surface area contributed by atoms with Crippen LogP contribution in [0.1, 0.15) is 37.3 Å². The van der Waals surface area contributed by atoms with Crippen LogP contribution in [-0.2, 0) is 27.8 Å². The van der Waals surface area contributed by atoms with Gasteiger partial charge in [0.05, 0.1) is 11.0 Å². The third kappa shape index (κ3) is 3.96. The predicted octanol–water partition coefficient (Wildman–Crippen LogP) is 1.03. The number of nitrogens with zero attached hydrogens (tertiary/aromatic N) is 1. The number of hydrogen-bond donors (Lipinski definition) is 2. The highest BCUT2D eigenvalue weighted by atomic mass is 32.2. The molecule has 2 N–H and O–H groups in total. The van der Waals surface area contributed by atoms with Gasteiger partial charge in [-0.2, -0.15) is 0 Å². The average molecular weight is 352 g/mol. The predicted molar refractivity (Wildman–Crippen MR) is 89.8 cm³/mol. The summed E-state index contributed by atoms with van der Waals surface area (Å²) in [7, 11) is -3.60. The minimum Gasteiger partial charge on any atom is -0.393 e. The quantitative estimate of drug-likeness (QED) is 0.801. The lowest BCUT2D eigenvalue weighted by molar-refractivity contribution is -0.133. The molecule has 1 aromatic rings. The second kappa shape index (κ2) is 6.82. The molecule has 1 heterocycles. The Hall–Kier alpha value is -1.44. The number of fused-ring (bicyclic) bond motifs is 1. The standard InChI is InChI=1S/C17H24N2O4S/c1-12(20)6-8-18-24(22,23)16-5-4-13-7-9-19(11-15(13)10-16)17(21)14-2-3-14/h4-5,10,12,14,18,20H,2-3,6-9,11H2,1H3/t12-/m1/s1. The van der Waals surface area contributed by atoms with E-state index >= 15 is 0 Å². The monoisotopic (exact) mass is 352 g/mol. The fraction of sp³-hybridized carbons (Fsp3) is 0.588. The molecule has 1 aromatic carbocycles. The molecule has 24 heavy (non-hydrogen) atoms. The number of amides is 1. The fourth-order valence-corrected chi connectivity index (χ4v) is 4.06. The Labute approximate surface area is 142 Å². The molecule has 0 radical (unpaired) electrons. The summed E-state index contributed by atoms with van der Waals surface area (Å²) < 4.78 is 27.2. The summed E-state index contributed by atoms with van der Waals surface area (Å²) in [6, 6.07) is 5.13. The number of rotatable bonds is 6. The summed E-state index contributed by atoms with van der Waals surface area (Å²) in [5.74, 6) is 0.379. The van der Waals surface area contributed by atoms with Gasteiger partial charge in [0.2, 0.25) is 15.9 Å². The molecule has 3 rings (SSSR count). The molecule has 0 bridgehead atoms. The number of benzene rings is 1. The van der Waals surface area contributed by atoms with Crippen LogP contribution in [0, 0.1) is 5.92 Å². The number of sulfonamides is 1. The highest BCUT2D eigenvalue weighted by Gasteiger charge is 2.34. The first-order valence-corrected chi connectivity index (χ1v) is 9.93. The number of carbonyl (C=O) groups is 1. The lowest BCUT2D eigenvalue weighted by Gasteiger charge is -2.29. The van der Waals surface area contributed by atoms with E-state index in [1.807, 2.05) is 11.0 Å². The van der Waals surface area contributed by atoms with Gasteiger partial charge in [0.1, 0.15) is 0 Å². The van der Waals surface area contributed by atoms with Gasteiger partial charge in [-0.3, -0.25) is 4.79 Å². The van der Waals surface area contributed by atoms with Crippen molar-refractivity contribution in [3.8, 4) is 0 Å². The van der Waals surface area contributed by atoms with Crippen LogP contribution in [0.3, 0.4) is 0 Å². The second-order valence-electron chi connectivity index (χ2n) is 6.75. The molecule has 2 aliphatic rings. The number of nitrogens with one attached hydrogen (secondary N) is 1. The molecular formula is C17H24N2O4S. The van der Waals surface area contributed by atoms with E-state index in [0.717, 1.165) is 30.4 Å². The third-order valence-corrected chi connectivity index (χ3v) is 6.05. The maximum Gasteiger partial charge on any atom is 0.240 e. The normalized spacial score (nSPS) is 19.0. The zero-order chi connectivity index (χ0) is 17.3. The number of hydrogen-bond acceptors (Lipinski definition) is 4. The van der Waals surface area contributed by atoms with Crippen molar-refractivity contribution in [2.45, 2.75) is 50.2 Å². The first-order valence-electron chi connectivity index (χ1n) is 8.45. The summed E-state index contributed by atoms with van der Waals surface area (Å²) in [5, 5.41) is 9.24. The van der Waals surface area contributed by atoms with Gasteiger partial charge in [-0.1, -0.05) is 6.07 Å². The summed E-state index contributed by atoms with van der Waals surface area (Å²) >= 11 is 0. The molecule has 1 saturated carbocycles. The second-order valence-corrected chi connectivity index (χ2v) is 8.52. The van der Waals surface area contributed by atoms with E-state index in [4.69, 9.17) is 0 Å².